The smallest absolute Gasteiger partial charge is 0.407 e. The lowest BCUT2D eigenvalue weighted by atomic mass is 9.95. The molecule has 0 spiro atoms. The maximum Gasteiger partial charge on any atom is 0.407 e. The molecule has 13 nitrogen and oxygen atoms in total. The van der Waals surface area contributed by atoms with Crippen LogP contribution in [-0.2, 0) is 25.5 Å². The van der Waals surface area contributed by atoms with Crippen molar-refractivity contribution < 1.29 is 29.0 Å². The predicted molar refractivity (Wildman–Crippen MR) is 213 cm³/mol. The number of unbranched alkanes of at least 4 members (excludes halogenated alkanes) is 1. The third-order valence-electron chi connectivity index (χ3n) is 10.6. The number of pyridine rings is 1. The lowest BCUT2D eigenvalue weighted by molar-refractivity contribution is -0.137. The van der Waals surface area contributed by atoms with Crippen molar-refractivity contribution in [3.05, 3.63) is 76.4 Å². The molecule has 1 aliphatic heterocycles. The van der Waals surface area contributed by atoms with Crippen LogP contribution in [0.5, 0.6) is 0 Å². The standard InChI is InChI=1S/C41H49N7O6S/c1-2-3-12-34-46-36-37(47-34)39(42)44-32-23-33(55-38(32)36)25-15-18-48(19-16-25)20-22-53-21-17-43-40(51)31(13-14-35(49)50)45-41(52)54-24-30-28-10-6-4-8-26(28)27-9-5-7-11-29(27)30/h4-11,23,25,30-31H,2-3,12-22,24H2,1H3,(H2,42,44)(H,43,51)(H,45,52)(H,46,47)(H,49,50)/t31-/m0/s1. The number of aromatic nitrogens is 3. The summed E-state index contributed by atoms with van der Waals surface area (Å²) in [4.78, 5) is 53.9. The second-order valence-corrected chi connectivity index (χ2v) is 15.4. The molecule has 6 N–H and O–H groups in total. The summed E-state index contributed by atoms with van der Waals surface area (Å²) < 4.78 is 12.6. The summed E-state index contributed by atoms with van der Waals surface area (Å²) in [5.41, 5.74) is 13.4. The van der Waals surface area contributed by atoms with Crippen molar-refractivity contribution >= 4 is 56.4 Å². The molecular weight excluding hydrogens is 719 g/mol. The van der Waals surface area contributed by atoms with Gasteiger partial charge in [-0.05, 0) is 73.0 Å². The van der Waals surface area contributed by atoms with Crippen LogP contribution in [-0.4, -0.2) is 95.0 Å². The SMILES string of the molecule is CCCCc1nc2c(N)nc3cc(C4CCN(CCOCCNC(=O)[C@H](CCC(=O)O)NC(=O)OCC5c6ccccc6-c6ccccc65)CC4)sc3c2[nH]1. The number of carboxylic acid groups (broad SMARTS) is 1. The van der Waals surface area contributed by atoms with Crippen LogP contribution in [0.1, 0.15) is 79.1 Å². The molecule has 290 valence electrons. The molecule has 0 unspecified atom stereocenters. The van der Waals surface area contributed by atoms with Gasteiger partial charge in [-0.2, -0.15) is 0 Å². The number of H-pyrrole nitrogens is 1. The van der Waals surface area contributed by atoms with Crippen LogP contribution in [0.15, 0.2) is 54.6 Å². The van der Waals surface area contributed by atoms with Crippen molar-refractivity contribution in [3.8, 4) is 11.1 Å². The zero-order chi connectivity index (χ0) is 38.3. The number of aryl methyl sites for hydroxylation is 1. The van der Waals surface area contributed by atoms with E-state index in [0.717, 1.165) is 101 Å². The van der Waals surface area contributed by atoms with Crippen molar-refractivity contribution in [2.45, 2.75) is 69.7 Å². The number of rotatable bonds is 17. The summed E-state index contributed by atoms with van der Waals surface area (Å²) in [5.74, 6) is 0.228. The highest BCUT2D eigenvalue weighted by Gasteiger charge is 2.30. The fourth-order valence-corrected chi connectivity index (χ4v) is 8.97. The first kappa shape index (κ1) is 38.2. The summed E-state index contributed by atoms with van der Waals surface area (Å²) in [7, 11) is 0. The van der Waals surface area contributed by atoms with E-state index in [1.165, 1.54) is 4.88 Å². The molecule has 1 aliphatic carbocycles. The first-order valence-corrected chi connectivity index (χ1v) is 20.1. The molecule has 0 bridgehead atoms. The number of likely N-dealkylation sites (tertiary alicyclic amines) is 1. The number of benzene rings is 2. The first-order valence-electron chi connectivity index (χ1n) is 19.3. The topological polar surface area (TPSA) is 185 Å². The fourth-order valence-electron chi connectivity index (χ4n) is 7.71. The van der Waals surface area contributed by atoms with E-state index in [1.54, 1.807) is 11.3 Å². The van der Waals surface area contributed by atoms with Gasteiger partial charge in [-0.15, -0.1) is 11.3 Å². The van der Waals surface area contributed by atoms with Crippen molar-refractivity contribution in [1.82, 2.24) is 30.5 Å². The molecule has 14 heteroatoms. The Morgan fingerprint density at radius 1 is 1.05 bits per heavy atom. The van der Waals surface area contributed by atoms with E-state index in [0.29, 0.717) is 24.9 Å². The zero-order valence-corrected chi connectivity index (χ0v) is 32.0. The number of anilines is 1. The number of thiophene rings is 1. The van der Waals surface area contributed by atoms with E-state index in [9.17, 15) is 19.5 Å². The number of nitrogens with zero attached hydrogens (tertiary/aromatic N) is 3. The molecule has 0 saturated carbocycles. The number of aromatic amines is 1. The Morgan fingerprint density at radius 3 is 2.49 bits per heavy atom. The van der Waals surface area contributed by atoms with Crippen LogP contribution in [0.4, 0.5) is 10.6 Å². The summed E-state index contributed by atoms with van der Waals surface area (Å²) in [5, 5.41) is 14.6. The Bertz CT molecular complexity index is 2100. The Kier molecular flexibility index (Phi) is 12.2. The van der Waals surface area contributed by atoms with Gasteiger partial charge in [-0.1, -0.05) is 61.9 Å². The lowest BCUT2D eigenvalue weighted by Gasteiger charge is -2.31. The molecule has 1 saturated heterocycles. The number of amides is 2. The Labute approximate surface area is 324 Å². The number of piperidine rings is 1. The van der Waals surface area contributed by atoms with Gasteiger partial charge in [0, 0.05) is 36.7 Å². The van der Waals surface area contributed by atoms with Gasteiger partial charge < -0.3 is 40.8 Å². The highest BCUT2D eigenvalue weighted by atomic mass is 32.1. The molecule has 1 atom stereocenters. The molecule has 4 heterocycles. The van der Waals surface area contributed by atoms with E-state index in [4.69, 9.17) is 20.2 Å². The number of nitrogens with one attached hydrogen (secondary N) is 3. The third-order valence-corrected chi connectivity index (χ3v) is 12.0. The number of carboxylic acids is 1. The third kappa shape index (κ3) is 8.93. The largest absolute Gasteiger partial charge is 0.481 e. The normalized spacial score (nSPS) is 15.2. The number of aliphatic carboxylic acids is 1. The van der Waals surface area contributed by atoms with Crippen molar-refractivity contribution in [3.63, 3.8) is 0 Å². The molecule has 7 rings (SSSR count). The highest BCUT2D eigenvalue weighted by molar-refractivity contribution is 7.20. The minimum atomic E-state index is -1.06. The fraction of sp³-hybridized carbons (Fsp3) is 0.439. The molecule has 2 amide bonds. The van der Waals surface area contributed by atoms with Crippen LogP contribution in [0.25, 0.3) is 32.4 Å². The number of fused-ring (bicyclic) bond motifs is 6. The molecular formula is C41H49N7O6S. The summed E-state index contributed by atoms with van der Waals surface area (Å²) in [6, 6.07) is 17.2. The second kappa shape index (κ2) is 17.6. The molecule has 2 aromatic carbocycles. The van der Waals surface area contributed by atoms with E-state index in [-0.39, 0.29) is 31.9 Å². The van der Waals surface area contributed by atoms with Gasteiger partial charge in [0.1, 0.15) is 24.0 Å². The van der Waals surface area contributed by atoms with Gasteiger partial charge in [0.15, 0.2) is 5.82 Å². The summed E-state index contributed by atoms with van der Waals surface area (Å²) >= 11 is 1.80. The van der Waals surface area contributed by atoms with Gasteiger partial charge in [0.05, 0.1) is 28.9 Å². The monoisotopic (exact) mass is 767 g/mol. The van der Waals surface area contributed by atoms with Crippen molar-refractivity contribution in [1.29, 1.82) is 0 Å². The molecule has 1 fully saturated rings. The summed E-state index contributed by atoms with van der Waals surface area (Å²) in [6.07, 6.45) is 4.05. The number of carbonyl (C=O) groups is 3. The first-order chi connectivity index (χ1) is 26.8. The molecule has 0 radical (unpaired) electrons. The van der Waals surface area contributed by atoms with E-state index in [2.05, 4.69) is 50.6 Å². The van der Waals surface area contributed by atoms with E-state index < -0.39 is 24.0 Å². The molecule has 5 aromatic rings. The van der Waals surface area contributed by atoms with Gasteiger partial charge in [0.2, 0.25) is 5.91 Å². The number of alkyl carbamates (subject to hydrolysis) is 1. The lowest BCUT2D eigenvalue weighted by Crippen LogP contribution is -2.48. The average molecular weight is 768 g/mol. The average Bonchev–Trinajstić information content (AvgIpc) is 3.90. The molecule has 3 aromatic heterocycles. The Morgan fingerprint density at radius 2 is 1.78 bits per heavy atom. The number of hydrogen-bond donors (Lipinski definition) is 5. The Balaban J connectivity index is 0.827. The highest BCUT2D eigenvalue weighted by Crippen LogP contribution is 2.44. The van der Waals surface area contributed by atoms with Gasteiger partial charge in [-0.3, -0.25) is 9.59 Å². The molecule has 2 aliphatic rings. The van der Waals surface area contributed by atoms with Crippen LogP contribution in [0.2, 0.25) is 0 Å². The van der Waals surface area contributed by atoms with Gasteiger partial charge in [0.25, 0.3) is 0 Å². The van der Waals surface area contributed by atoms with E-state index >= 15 is 0 Å². The van der Waals surface area contributed by atoms with Crippen LogP contribution >= 0.6 is 11.3 Å². The zero-order valence-electron chi connectivity index (χ0n) is 31.1. The quantitative estimate of drug-likeness (QED) is 0.0685. The number of carbonyl (C=O) groups excluding carboxylic acids is 2. The maximum absolute atomic E-state index is 13.0. The number of imidazole rings is 1. The Hall–Kier alpha value is -5.05. The van der Waals surface area contributed by atoms with Gasteiger partial charge in [-0.25, -0.2) is 14.8 Å². The second-order valence-electron chi connectivity index (χ2n) is 14.3. The minimum Gasteiger partial charge on any atom is -0.481 e. The van der Waals surface area contributed by atoms with Crippen molar-refractivity contribution in [2.75, 3.05) is 51.7 Å². The van der Waals surface area contributed by atoms with Crippen molar-refractivity contribution in [2.24, 2.45) is 0 Å². The number of nitrogen functional groups attached to an aromatic ring is 1. The minimum absolute atomic E-state index is 0.0677. The number of hydrogen-bond acceptors (Lipinski definition) is 10. The van der Waals surface area contributed by atoms with Crippen LogP contribution in [0.3, 0.4) is 0 Å². The molecule has 55 heavy (non-hydrogen) atoms. The number of ether oxygens (including phenoxy) is 2. The van der Waals surface area contributed by atoms with Gasteiger partial charge >= 0.3 is 12.1 Å². The van der Waals surface area contributed by atoms with E-state index in [1.807, 2.05) is 36.4 Å². The van der Waals surface area contributed by atoms with Crippen LogP contribution < -0.4 is 16.4 Å². The maximum atomic E-state index is 13.0. The number of nitrogens with two attached hydrogens (primary N) is 1. The van der Waals surface area contributed by atoms with Crippen LogP contribution in [0, 0.1) is 0 Å². The summed E-state index contributed by atoms with van der Waals surface area (Å²) in [6.45, 7) is 6.00. The predicted octanol–water partition coefficient (Wildman–Crippen LogP) is 6.18.